The number of hydrogen-bond donors (Lipinski definition) is 0. The lowest BCUT2D eigenvalue weighted by molar-refractivity contribution is -0.154. The molecule has 1 saturated heterocycles. The van der Waals surface area contributed by atoms with E-state index in [4.69, 9.17) is 0 Å². The summed E-state index contributed by atoms with van der Waals surface area (Å²) in [5, 5.41) is 0. The number of cyclic esters (lactones) is 2. The van der Waals surface area contributed by atoms with Crippen LogP contribution in [0.1, 0.15) is 12.8 Å². The Morgan fingerprint density at radius 3 is 1.73 bits per heavy atom. The topological polar surface area (TPSA) is 43.4 Å². The number of ether oxygens (including phenoxy) is 1. The maximum absolute atomic E-state index is 13.4. The fourth-order valence-corrected chi connectivity index (χ4v) is 3.00. The Morgan fingerprint density at radius 1 is 0.933 bits per heavy atom. The van der Waals surface area contributed by atoms with Gasteiger partial charge < -0.3 is 4.74 Å². The third-order valence-corrected chi connectivity index (χ3v) is 3.67. The molecule has 15 heavy (non-hydrogen) atoms. The molecule has 2 fully saturated rings. The van der Waals surface area contributed by atoms with E-state index in [1.165, 1.54) is 0 Å². The second kappa shape index (κ2) is 2.65. The SMILES string of the molecule is O=C1OC(=O)C2C3CCC(C(F)=C3F)C12. The molecule has 5 heteroatoms. The van der Waals surface area contributed by atoms with E-state index in [1.807, 2.05) is 0 Å². The summed E-state index contributed by atoms with van der Waals surface area (Å²) in [6, 6.07) is 0. The van der Waals surface area contributed by atoms with Gasteiger partial charge in [0.2, 0.25) is 0 Å². The summed E-state index contributed by atoms with van der Waals surface area (Å²) in [7, 11) is 0. The molecule has 1 saturated carbocycles. The Hall–Kier alpha value is -1.26. The minimum absolute atomic E-state index is 0.424. The van der Waals surface area contributed by atoms with Gasteiger partial charge in [0, 0.05) is 11.8 Å². The predicted molar refractivity (Wildman–Crippen MR) is 43.5 cm³/mol. The van der Waals surface area contributed by atoms with E-state index in [-0.39, 0.29) is 0 Å². The predicted octanol–water partition coefficient (Wildman–Crippen LogP) is 1.49. The van der Waals surface area contributed by atoms with Gasteiger partial charge in [-0.2, -0.15) is 0 Å². The van der Waals surface area contributed by atoms with E-state index in [1.54, 1.807) is 0 Å². The molecule has 80 valence electrons. The first-order valence-electron chi connectivity index (χ1n) is 4.92. The van der Waals surface area contributed by atoms with Crippen LogP contribution in [-0.2, 0) is 14.3 Å². The van der Waals surface area contributed by atoms with Crippen LogP contribution in [-0.4, -0.2) is 11.9 Å². The van der Waals surface area contributed by atoms with Crippen molar-refractivity contribution >= 4 is 11.9 Å². The van der Waals surface area contributed by atoms with E-state index < -0.39 is 47.3 Å². The molecule has 0 amide bonds. The van der Waals surface area contributed by atoms with Crippen LogP contribution >= 0.6 is 0 Å². The highest BCUT2D eigenvalue weighted by molar-refractivity contribution is 5.97. The van der Waals surface area contributed by atoms with Crippen LogP contribution in [0.2, 0.25) is 0 Å². The number of allylic oxidation sites excluding steroid dienone is 2. The average molecular weight is 214 g/mol. The highest BCUT2D eigenvalue weighted by Crippen LogP contribution is 2.55. The molecule has 0 N–H and O–H groups in total. The van der Waals surface area contributed by atoms with Gasteiger partial charge in [-0.3, -0.25) is 9.59 Å². The fourth-order valence-electron chi connectivity index (χ4n) is 3.00. The van der Waals surface area contributed by atoms with E-state index in [0.717, 1.165) is 0 Å². The van der Waals surface area contributed by atoms with Gasteiger partial charge in [0.1, 0.15) is 11.7 Å². The van der Waals surface area contributed by atoms with Crippen molar-refractivity contribution in [3.05, 3.63) is 11.7 Å². The lowest BCUT2D eigenvalue weighted by atomic mass is 9.62. The van der Waals surface area contributed by atoms with Gasteiger partial charge in [-0.1, -0.05) is 0 Å². The maximum Gasteiger partial charge on any atom is 0.318 e. The van der Waals surface area contributed by atoms with Crippen LogP contribution in [0.3, 0.4) is 0 Å². The number of rotatable bonds is 0. The fraction of sp³-hybridized carbons (Fsp3) is 0.600. The molecule has 1 heterocycles. The smallest absolute Gasteiger partial charge is 0.318 e. The summed E-state index contributed by atoms with van der Waals surface area (Å²) < 4.78 is 31.2. The van der Waals surface area contributed by atoms with Gasteiger partial charge in [-0.15, -0.1) is 0 Å². The van der Waals surface area contributed by atoms with Crippen LogP contribution < -0.4 is 0 Å². The summed E-state index contributed by atoms with van der Waals surface area (Å²) in [6.45, 7) is 0. The van der Waals surface area contributed by atoms with Crippen molar-refractivity contribution in [2.45, 2.75) is 12.8 Å². The summed E-state index contributed by atoms with van der Waals surface area (Å²) in [5.41, 5.74) is 0. The molecule has 4 unspecified atom stereocenters. The molecule has 3 aliphatic carbocycles. The van der Waals surface area contributed by atoms with Crippen LogP contribution in [0.25, 0.3) is 0 Å². The Kier molecular flexibility index (Phi) is 1.59. The normalized spacial score (nSPS) is 43.3. The molecule has 0 aromatic carbocycles. The highest BCUT2D eigenvalue weighted by Gasteiger charge is 2.60. The number of carbonyl (C=O) groups is 2. The largest absolute Gasteiger partial charge is 0.393 e. The van der Waals surface area contributed by atoms with Crippen LogP contribution in [0.15, 0.2) is 11.7 Å². The van der Waals surface area contributed by atoms with Gasteiger partial charge >= 0.3 is 11.9 Å². The first-order chi connectivity index (χ1) is 7.11. The second-order valence-electron chi connectivity index (χ2n) is 4.28. The van der Waals surface area contributed by atoms with Crippen molar-refractivity contribution in [2.75, 3.05) is 0 Å². The number of halogens is 2. The average Bonchev–Trinajstić information content (AvgIpc) is 2.51. The Bertz CT molecular complexity index is 365. The number of hydrogen-bond acceptors (Lipinski definition) is 3. The molecule has 4 aliphatic rings. The van der Waals surface area contributed by atoms with Crippen molar-refractivity contribution in [1.29, 1.82) is 0 Å². The molecule has 0 radical (unpaired) electrons. The third-order valence-electron chi connectivity index (χ3n) is 3.67. The van der Waals surface area contributed by atoms with Crippen molar-refractivity contribution < 1.29 is 23.1 Å². The lowest BCUT2D eigenvalue weighted by Gasteiger charge is -2.39. The minimum Gasteiger partial charge on any atom is -0.393 e. The molecule has 3 nitrogen and oxygen atoms in total. The molecule has 0 aromatic rings. The molecule has 2 bridgehead atoms. The molecular weight excluding hydrogens is 206 g/mol. The standard InChI is InChI=1S/C10H8F2O3/c11-7-3-1-2-4(8(7)12)6-5(3)9(13)15-10(6)14/h3-6H,1-2H2. The van der Waals surface area contributed by atoms with Gasteiger partial charge in [0.15, 0.2) is 0 Å². The maximum atomic E-state index is 13.4. The van der Waals surface area contributed by atoms with Gasteiger partial charge in [-0.25, -0.2) is 8.78 Å². The summed E-state index contributed by atoms with van der Waals surface area (Å²) >= 11 is 0. The second-order valence-corrected chi connectivity index (χ2v) is 4.28. The van der Waals surface area contributed by atoms with Crippen LogP contribution in [0.4, 0.5) is 8.78 Å². The van der Waals surface area contributed by atoms with Crippen LogP contribution in [0, 0.1) is 23.7 Å². The Balaban J connectivity index is 2.12. The first-order valence-corrected chi connectivity index (χ1v) is 4.92. The number of carbonyl (C=O) groups excluding carboxylic acids is 2. The molecule has 4 atom stereocenters. The molecule has 1 aliphatic heterocycles. The van der Waals surface area contributed by atoms with Crippen molar-refractivity contribution in [3.8, 4) is 0 Å². The van der Waals surface area contributed by atoms with E-state index >= 15 is 0 Å². The summed E-state index contributed by atoms with van der Waals surface area (Å²) in [6.07, 6.45) is 0.848. The zero-order valence-corrected chi connectivity index (χ0v) is 7.70. The first kappa shape index (κ1) is 9.00. The number of fused-ring (bicyclic) bond motifs is 1. The van der Waals surface area contributed by atoms with E-state index in [0.29, 0.717) is 12.8 Å². The molecule has 0 spiro atoms. The van der Waals surface area contributed by atoms with Gasteiger partial charge in [0.05, 0.1) is 11.8 Å². The van der Waals surface area contributed by atoms with Crippen molar-refractivity contribution in [1.82, 2.24) is 0 Å². The number of esters is 2. The van der Waals surface area contributed by atoms with Gasteiger partial charge in [0.25, 0.3) is 0 Å². The molecule has 0 aromatic heterocycles. The Morgan fingerprint density at radius 2 is 1.33 bits per heavy atom. The Labute approximate surface area is 84.1 Å². The minimum atomic E-state index is -0.848. The summed E-state index contributed by atoms with van der Waals surface area (Å²) in [4.78, 5) is 22.6. The molecule has 4 rings (SSSR count). The van der Waals surface area contributed by atoms with Crippen molar-refractivity contribution in [2.24, 2.45) is 23.7 Å². The van der Waals surface area contributed by atoms with Crippen molar-refractivity contribution in [3.63, 3.8) is 0 Å². The zero-order valence-electron chi connectivity index (χ0n) is 7.70. The third kappa shape index (κ3) is 0.931. The molecular formula is C10H8F2O3. The van der Waals surface area contributed by atoms with Crippen LogP contribution in [0.5, 0.6) is 0 Å². The zero-order chi connectivity index (χ0) is 10.7. The van der Waals surface area contributed by atoms with Gasteiger partial charge in [-0.05, 0) is 12.8 Å². The summed E-state index contributed by atoms with van der Waals surface area (Å²) in [5.74, 6) is -6.20. The quantitative estimate of drug-likeness (QED) is 0.453. The van der Waals surface area contributed by atoms with E-state index in [2.05, 4.69) is 4.74 Å². The monoisotopic (exact) mass is 214 g/mol. The van der Waals surface area contributed by atoms with E-state index in [9.17, 15) is 18.4 Å². The lowest BCUT2D eigenvalue weighted by Crippen LogP contribution is -2.42. The highest BCUT2D eigenvalue weighted by atomic mass is 19.2.